The summed E-state index contributed by atoms with van der Waals surface area (Å²) in [6.07, 6.45) is -4.78. The molecule has 0 unspecified atom stereocenters. The molecule has 146 valence electrons. The summed E-state index contributed by atoms with van der Waals surface area (Å²) in [5, 5.41) is 11.4. The van der Waals surface area contributed by atoms with Gasteiger partial charge in [0.2, 0.25) is 5.91 Å². The van der Waals surface area contributed by atoms with Crippen LogP contribution >= 0.6 is 11.3 Å². The lowest BCUT2D eigenvalue weighted by Gasteiger charge is -2.09. The number of hydrogen-bond donors (Lipinski definition) is 2. The lowest BCUT2D eigenvalue weighted by molar-refractivity contribution is -0.274. The number of benzene rings is 2. The minimum atomic E-state index is -4.74. The third-order valence-corrected chi connectivity index (χ3v) is 4.64. The molecule has 3 rings (SSSR count). The van der Waals surface area contributed by atoms with Gasteiger partial charge in [-0.3, -0.25) is 9.59 Å². The Morgan fingerprint density at radius 2 is 1.79 bits per heavy atom. The predicted molar refractivity (Wildman–Crippen MR) is 96.1 cm³/mol. The summed E-state index contributed by atoms with van der Waals surface area (Å²) in [6, 6.07) is 10.8. The van der Waals surface area contributed by atoms with E-state index in [4.69, 9.17) is 5.11 Å². The zero-order valence-corrected chi connectivity index (χ0v) is 14.9. The number of hydrogen-bond acceptors (Lipinski definition) is 5. The first-order valence-corrected chi connectivity index (χ1v) is 8.75. The molecule has 0 aliphatic heterocycles. The number of nitrogens with zero attached hydrogens (tertiary/aromatic N) is 1. The Kier molecular flexibility index (Phi) is 5.50. The minimum Gasteiger partial charge on any atom is -0.480 e. The van der Waals surface area contributed by atoms with Crippen LogP contribution in [-0.4, -0.2) is 34.9 Å². The Morgan fingerprint density at radius 1 is 1.11 bits per heavy atom. The van der Waals surface area contributed by atoms with E-state index in [1.165, 1.54) is 35.6 Å². The molecule has 28 heavy (non-hydrogen) atoms. The van der Waals surface area contributed by atoms with Crippen LogP contribution in [0, 0.1) is 0 Å². The van der Waals surface area contributed by atoms with Gasteiger partial charge in [-0.2, -0.15) is 0 Å². The van der Waals surface area contributed by atoms with Crippen molar-refractivity contribution in [2.75, 3.05) is 6.54 Å². The van der Waals surface area contributed by atoms with Gasteiger partial charge in [0, 0.05) is 0 Å². The van der Waals surface area contributed by atoms with E-state index in [0.717, 1.165) is 10.3 Å². The summed E-state index contributed by atoms with van der Waals surface area (Å²) in [7, 11) is 0. The number of amides is 1. The van der Waals surface area contributed by atoms with Gasteiger partial charge >= 0.3 is 12.3 Å². The highest BCUT2D eigenvalue weighted by Crippen LogP contribution is 2.30. The number of rotatable bonds is 6. The minimum absolute atomic E-state index is 0.0363. The summed E-state index contributed by atoms with van der Waals surface area (Å²) in [5.41, 5.74) is 2.07. The van der Waals surface area contributed by atoms with Crippen molar-refractivity contribution in [3.63, 3.8) is 0 Å². The second-order valence-corrected chi connectivity index (χ2v) is 6.82. The second kappa shape index (κ2) is 7.85. The number of carboxylic acids is 1. The first kappa shape index (κ1) is 19.6. The average molecular weight is 410 g/mol. The van der Waals surface area contributed by atoms with E-state index in [0.29, 0.717) is 16.1 Å². The molecule has 6 nitrogen and oxygen atoms in total. The summed E-state index contributed by atoms with van der Waals surface area (Å²) in [4.78, 5) is 26.5. The van der Waals surface area contributed by atoms with Gasteiger partial charge in [-0.05, 0) is 35.4 Å². The highest BCUT2D eigenvalue weighted by molar-refractivity contribution is 7.18. The molecule has 2 N–H and O–H groups in total. The molecule has 0 saturated heterocycles. The Labute approximate surface area is 160 Å². The van der Waals surface area contributed by atoms with Crippen LogP contribution in [0.15, 0.2) is 42.5 Å². The molecule has 3 aromatic rings. The Balaban J connectivity index is 1.75. The maximum atomic E-state index is 12.2. The molecule has 10 heteroatoms. The molecular weight excluding hydrogens is 397 g/mol. The van der Waals surface area contributed by atoms with Crippen LogP contribution in [0.25, 0.3) is 21.3 Å². The van der Waals surface area contributed by atoms with Crippen LogP contribution in [0.4, 0.5) is 13.2 Å². The standard InChI is InChI=1S/C18H13F3N2O4S/c19-18(20,21)27-12-4-1-10(2-5-12)11-3-6-14-13(7-11)23-16(28-14)8-15(24)22-9-17(25)26/h1-7H,8-9H2,(H,22,24)(H,25,26). The van der Waals surface area contributed by atoms with Crippen molar-refractivity contribution in [2.45, 2.75) is 12.8 Å². The lowest BCUT2D eigenvalue weighted by Crippen LogP contribution is -2.30. The van der Waals surface area contributed by atoms with Crippen LogP contribution in [0.3, 0.4) is 0 Å². The molecule has 0 aliphatic carbocycles. The maximum absolute atomic E-state index is 12.2. The third-order valence-electron chi connectivity index (χ3n) is 3.60. The molecule has 1 heterocycles. The van der Waals surface area contributed by atoms with Gasteiger partial charge in [0.15, 0.2) is 0 Å². The van der Waals surface area contributed by atoms with Crippen molar-refractivity contribution in [1.29, 1.82) is 0 Å². The highest BCUT2D eigenvalue weighted by atomic mass is 32.1. The molecule has 0 spiro atoms. The molecule has 1 aromatic heterocycles. The third kappa shape index (κ3) is 5.19. The Hall–Kier alpha value is -3.14. The van der Waals surface area contributed by atoms with Crippen molar-refractivity contribution >= 4 is 33.4 Å². The molecule has 0 saturated carbocycles. The van der Waals surface area contributed by atoms with Gasteiger partial charge < -0.3 is 15.2 Å². The summed E-state index contributed by atoms with van der Waals surface area (Å²) in [6.45, 7) is -0.456. The molecule has 0 radical (unpaired) electrons. The van der Waals surface area contributed by atoms with E-state index in [9.17, 15) is 22.8 Å². The zero-order valence-electron chi connectivity index (χ0n) is 14.1. The summed E-state index contributed by atoms with van der Waals surface area (Å²) in [5.74, 6) is -1.88. The number of carbonyl (C=O) groups is 2. The SMILES string of the molecule is O=C(O)CNC(=O)Cc1nc2cc(-c3ccc(OC(F)(F)F)cc3)ccc2s1. The van der Waals surface area contributed by atoms with Gasteiger partial charge in [0.1, 0.15) is 17.3 Å². The average Bonchev–Trinajstić information content (AvgIpc) is 3.00. The number of aliphatic carboxylic acids is 1. The van der Waals surface area contributed by atoms with E-state index in [1.54, 1.807) is 18.2 Å². The van der Waals surface area contributed by atoms with Crippen LogP contribution in [0.5, 0.6) is 5.75 Å². The highest BCUT2D eigenvalue weighted by Gasteiger charge is 2.30. The number of carbonyl (C=O) groups excluding carboxylic acids is 1. The fourth-order valence-corrected chi connectivity index (χ4v) is 3.40. The van der Waals surface area contributed by atoms with Gasteiger partial charge in [-0.25, -0.2) is 4.98 Å². The summed E-state index contributed by atoms with van der Waals surface area (Å²) >= 11 is 1.31. The van der Waals surface area contributed by atoms with Crippen molar-refractivity contribution in [3.8, 4) is 16.9 Å². The van der Waals surface area contributed by atoms with Gasteiger partial charge in [0.05, 0.1) is 16.6 Å². The van der Waals surface area contributed by atoms with Gasteiger partial charge in [-0.15, -0.1) is 24.5 Å². The first-order chi connectivity index (χ1) is 13.2. The molecular formula is C18H13F3N2O4S. The number of fused-ring (bicyclic) bond motifs is 1. The van der Waals surface area contributed by atoms with Gasteiger partial charge in [0.25, 0.3) is 0 Å². The monoisotopic (exact) mass is 410 g/mol. The molecule has 1 amide bonds. The number of nitrogens with one attached hydrogen (secondary N) is 1. The van der Waals surface area contributed by atoms with Crippen molar-refractivity contribution in [3.05, 3.63) is 47.5 Å². The molecule has 0 atom stereocenters. The van der Waals surface area contributed by atoms with Crippen LogP contribution < -0.4 is 10.1 Å². The number of thiazole rings is 1. The largest absolute Gasteiger partial charge is 0.573 e. The van der Waals surface area contributed by atoms with E-state index in [-0.39, 0.29) is 12.2 Å². The normalized spacial score (nSPS) is 11.4. The van der Waals surface area contributed by atoms with E-state index in [1.807, 2.05) is 0 Å². The van der Waals surface area contributed by atoms with E-state index in [2.05, 4.69) is 15.0 Å². The first-order valence-electron chi connectivity index (χ1n) is 7.94. The van der Waals surface area contributed by atoms with E-state index < -0.39 is 24.8 Å². The fourth-order valence-electron chi connectivity index (χ4n) is 2.45. The number of halogens is 3. The van der Waals surface area contributed by atoms with Crippen LogP contribution in [-0.2, 0) is 16.0 Å². The number of aromatic nitrogens is 1. The molecule has 2 aromatic carbocycles. The topological polar surface area (TPSA) is 88.5 Å². The molecule has 0 bridgehead atoms. The fraction of sp³-hybridized carbons (Fsp3) is 0.167. The van der Waals surface area contributed by atoms with Crippen molar-refractivity contribution < 1.29 is 32.6 Å². The lowest BCUT2D eigenvalue weighted by atomic mass is 10.1. The molecule has 0 fully saturated rings. The Bertz CT molecular complexity index is 1020. The predicted octanol–water partition coefficient (Wildman–Crippen LogP) is 3.61. The number of ether oxygens (including phenoxy) is 1. The van der Waals surface area contributed by atoms with Crippen molar-refractivity contribution in [1.82, 2.24) is 10.3 Å². The smallest absolute Gasteiger partial charge is 0.480 e. The quantitative estimate of drug-likeness (QED) is 0.648. The van der Waals surface area contributed by atoms with Crippen molar-refractivity contribution in [2.24, 2.45) is 0 Å². The van der Waals surface area contributed by atoms with Crippen LogP contribution in [0.2, 0.25) is 0 Å². The number of carboxylic acid groups (broad SMARTS) is 1. The van der Waals surface area contributed by atoms with Crippen LogP contribution in [0.1, 0.15) is 5.01 Å². The zero-order chi connectivity index (χ0) is 20.3. The van der Waals surface area contributed by atoms with Gasteiger partial charge in [-0.1, -0.05) is 18.2 Å². The molecule has 0 aliphatic rings. The number of alkyl halides is 3. The second-order valence-electron chi connectivity index (χ2n) is 5.71. The van der Waals surface area contributed by atoms with E-state index >= 15 is 0 Å². The summed E-state index contributed by atoms with van der Waals surface area (Å²) < 4.78 is 41.4. The maximum Gasteiger partial charge on any atom is 0.573 e. The Morgan fingerprint density at radius 3 is 2.43 bits per heavy atom.